The molecule has 2 atom stereocenters. The molecule has 0 saturated carbocycles. The van der Waals surface area contributed by atoms with E-state index in [1.807, 2.05) is 19.9 Å². The second-order valence-electron chi connectivity index (χ2n) is 8.19. The van der Waals surface area contributed by atoms with E-state index < -0.39 is 21.5 Å². The Balaban J connectivity index is 1.70. The molecule has 1 amide bonds. The molecule has 0 radical (unpaired) electrons. The minimum absolute atomic E-state index is 0.0659. The number of hydrogen-bond acceptors (Lipinski definition) is 5. The van der Waals surface area contributed by atoms with E-state index in [1.54, 1.807) is 41.3 Å². The quantitative estimate of drug-likeness (QED) is 0.807. The number of amides is 1. The summed E-state index contributed by atoms with van der Waals surface area (Å²) in [6.45, 7) is 4.79. The lowest BCUT2D eigenvalue weighted by Crippen LogP contribution is -2.37. The zero-order valence-electron chi connectivity index (χ0n) is 17.3. The van der Waals surface area contributed by atoms with Crippen LogP contribution in [0, 0.1) is 0 Å². The van der Waals surface area contributed by atoms with Crippen molar-refractivity contribution in [3.05, 3.63) is 53.6 Å². The number of benzene rings is 2. The van der Waals surface area contributed by atoms with Crippen molar-refractivity contribution in [1.82, 2.24) is 0 Å². The number of nitrogens with zero attached hydrogens (tertiary/aromatic N) is 1. The zero-order chi connectivity index (χ0) is 21.5. The summed E-state index contributed by atoms with van der Waals surface area (Å²) in [4.78, 5) is 14.2. The topological polar surface area (TPSA) is 83.9 Å². The van der Waals surface area contributed by atoms with Crippen LogP contribution in [0.2, 0.25) is 0 Å². The van der Waals surface area contributed by atoms with Crippen molar-refractivity contribution in [2.45, 2.75) is 61.0 Å². The maximum Gasteiger partial charge on any atom is 0.227 e. The maximum absolute atomic E-state index is 13.4. The summed E-state index contributed by atoms with van der Waals surface area (Å²) in [7, 11) is -3.73. The smallest absolute Gasteiger partial charge is 0.227 e. The molecule has 1 saturated heterocycles. The van der Waals surface area contributed by atoms with Crippen LogP contribution in [0.25, 0.3) is 0 Å². The van der Waals surface area contributed by atoms with Gasteiger partial charge in [0.05, 0.1) is 28.1 Å². The Morgan fingerprint density at radius 3 is 2.67 bits per heavy atom. The van der Waals surface area contributed by atoms with E-state index in [1.165, 1.54) is 0 Å². The lowest BCUT2D eigenvalue weighted by atomic mass is 9.87. The predicted octanol–water partition coefficient (Wildman–Crippen LogP) is 3.21. The van der Waals surface area contributed by atoms with Crippen LogP contribution in [-0.2, 0) is 31.4 Å². The highest BCUT2D eigenvalue weighted by Crippen LogP contribution is 2.37. The number of carbonyl (C=O) groups excluding carboxylic acids is 1. The van der Waals surface area contributed by atoms with Gasteiger partial charge in [-0.05, 0) is 68.1 Å². The molecule has 2 aromatic carbocycles. The highest BCUT2D eigenvalue weighted by molar-refractivity contribution is 7.91. The molecule has 1 fully saturated rings. The number of hydrogen-bond donors (Lipinski definition) is 1. The Labute approximate surface area is 177 Å². The third-order valence-electron chi connectivity index (χ3n) is 6.13. The summed E-state index contributed by atoms with van der Waals surface area (Å²) in [5.41, 5.74) is 1.68. The number of aryl methyl sites for hydroxylation is 1. The van der Waals surface area contributed by atoms with Crippen molar-refractivity contribution >= 4 is 21.4 Å². The standard InChI is InChI=1S/C23H27NO5S/c1-3-24-21-9-8-20(13-16(21)7-10-22(24)26)30(27,28)19-6-4-5-17(14-19)23(2)15-18(25)11-12-29-23/h4-6,8-9,13-14,18,25H,3,7,10-12,15H2,1-2H3. The average Bonchev–Trinajstić information content (AvgIpc) is 2.73. The molecule has 0 aromatic heterocycles. The van der Waals surface area contributed by atoms with Crippen LogP contribution in [0.1, 0.15) is 44.2 Å². The number of carbonyl (C=O) groups is 1. The molecule has 2 unspecified atom stereocenters. The Hall–Kier alpha value is -2.22. The normalized spacial score (nSPS) is 24.6. The molecule has 2 aliphatic heterocycles. The number of fused-ring (bicyclic) bond motifs is 1. The minimum Gasteiger partial charge on any atom is -0.393 e. The summed E-state index contributed by atoms with van der Waals surface area (Å²) in [6.07, 6.45) is 1.47. The fraction of sp³-hybridized carbons (Fsp3) is 0.435. The van der Waals surface area contributed by atoms with E-state index in [4.69, 9.17) is 4.74 Å². The first-order valence-electron chi connectivity index (χ1n) is 10.4. The van der Waals surface area contributed by atoms with Gasteiger partial charge < -0.3 is 14.7 Å². The number of rotatable bonds is 4. The van der Waals surface area contributed by atoms with E-state index >= 15 is 0 Å². The first-order valence-corrected chi connectivity index (χ1v) is 11.8. The van der Waals surface area contributed by atoms with Crippen LogP contribution < -0.4 is 4.90 Å². The van der Waals surface area contributed by atoms with Crippen LogP contribution in [0.4, 0.5) is 5.69 Å². The first kappa shape index (κ1) is 21.0. The van der Waals surface area contributed by atoms with Crippen molar-refractivity contribution in [2.24, 2.45) is 0 Å². The number of sulfone groups is 1. The summed E-state index contributed by atoms with van der Waals surface area (Å²) in [5.74, 6) is 0.0659. The first-order chi connectivity index (χ1) is 14.2. The largest absolute Gasteiger partial charge is 0.393 e. The Bertz CT molecular complexity index is 1080. The van der Waals surface area contributed by atoms with Crippen LogP contribution in [-0.4, -0.2) is 38.7 Å². The van der Waals surface area contributed by atoms with E-state index in [0.717, 1.165) is 16.8 Å². The highest BCUT2D eigenvalue weighted by atomic mass is 32.2. The highest BCUT2D eigenvalue weighted by Gasteiger charge is 2.35. The Morgan fingerprint density at radius 2 is 1.93 bits per heavy atom. The second kappa shape index (κ2) is 7.80. The molecule has 30 heavy (non-hydrogen) atoms. The molecule has 2 aromatic rings. The van der Waals surface area contributed by atoms with Crippen molar-refractivity contribution in [2.75, 3.05) is 18.1 Å². The monoisotopic (exact) mass is 429 g/mol. The third-order valence-corrected chi connectivity index (χ3v) is 7.88. The van der Waals surface area contributed by atoms with Crippen molar-refractivity contribution in [1.29, 1.82) is 0 Å². The van der Waals surface area contributed by atoms with Gasteiger partial charge in [-0.2, -0.15) is 0 Å². The number of aliphatic hydroxyl groups is 1. The molecule has 4 rings (SSSR count). The molecule has 1 N–H and O–H groups in total. The molecule has 2 aliphatic rings. The molecule has 0 bridgehead atoms. The summed E-state index contributed by atoms with van der Waals surface area (Å²) in [6, 6.07) is 11.8. The van der Waals surface area contributed by atoms with Gasteiger partial charge in [-0.1, -0.05) is 12.1 Å². The van der Waals surface area contributed by atoms with Gasteiger partial charge in [0, 0.05) is 25.1 Å². The van der Waals surface area contributed by atoms with Gasteiger partial charge in [0.25, 0.3) is 0 Å². The van der Waals surface area contributed by atoms with E-state index in [9.17, 15) is 18.3 Å². The molecule has 2 heterocycles. The van der Waals surface area contributed by atoms with Gasteiger partial charge in [-0.25, -0.2) is 8.42 Å². The van der Waals surface area contributed by atoms with Crippen LogP contribution in [0.5, 0.6) is 0 Å². The molecule has 0 aliphatic carbocycles. The Morgan fingerprint density at radius 1 is 1.17 bits per heavy atom. The molecule has 0 spiro atoms. The lowest BCUT2D eigenvalue weighted by Gasteiger charge is -2.37. The fourth-order valence-electron chi connectivity index (χ4n) is 4.41. The van der Waals surface area contributed by atoms with Gasteiger partial charge in [-0.3, -0.25) is 4.79 Å². The molecule has 7 heteroatoms. The second-order valence-corrected chi connectivity index (χ2v) is 10.1. The minimum atomic E-state index is -3.73. The van der Waals surface area contributed by atoms with Crippen molar-refractivity contribution in [3.8, 4) is 0 Å². The number of ether oxygens (including phenoxy) is 1. The molecular weight excluding hydrogens is 402 g/mol. The van der Waals surface area contributed by atoms with E-state index in [2.05, 4.69) is 0 Å². The Kier molecular flexibility index (Phi) is 5.46. The SMILES string of the molecule is CCN1C(=O)CCc2cc(S(=O)(=O)c3cccc(C4(C)CC(O)CCO4)c3)ccc21. The lowest BCUT2D eigenvalue weighted by molar-refractivity contribution is -0.118. The van der Waals surface area contributed by atoms with Crippen molar-refractivity contribution < 1.29 is 23.1 Å². The summed E-state index contributed by atoms with van der Waals surface area (Å²) >= 11 is 0. The molecule has 160 valence electrons. The van der Waals surface area contributed by atoms with E-state index in [-0.39, 0.29) is 15.7 Å². The van der Waals surface area contributed by atoms with Crippen LogP contribution >= 0.6 is 0 Å². The van der Waals surface area contributed by atoms with Gasteiger partial charge in [-0.15, -0.1) is 0 Å². The third kappa shape index (κ3) is 3.66. The van der Waals surface area contributed by atoms with Gasteiger partial charge >= 0.3 is 0 Å². The van der Waals surface area contributed by atoms with Gasteiger partial charge in [0.1, 0.15) is 0 Å². The van der Waals surface area contributed by atoms with Crippen LogP contribution in [0.3, 0.4) is 0 Å². The molecule has 6 nitrogen and oxygen atoms in total. The summed E-state index contributed by atoms with van der Waals surface area (Å²) < 4.78 is 32.6. The summed E-state index contributed by atoms with van der Waals surface area (Å²) in [5, 5.41) is 10.1. The number of anilines is 1. The predicted molar refractivity (Wildman–Crippen MR) is 113 cm³/mol. The fourth-order valence-corrected chi connectivity index (χ4v) is 5.77. The zero-order valence-corrected chi connectivity index (χ0v) is 18.1. The number of aliphatic hydroxyl groups excluding tert-OH is 1. The van der Waals surface area contributed by atoms with Crippen molar-refractivity contribution in [3.63, 3.8) is 0 Å². The average molecular weight is 430 g/mol. The van der Waals surface area contributed by atoms with E-state index in [0.29, 0.717) is 38.8 Å². The van der Waals surface area contributed by atoms with Crippen LogP contribution in [0.15, 0.2) is 52.3 Å². The van der Waals surface area contributed by atoms with Gasteiger partial charge in [0.15, 0.2) is 0 Å². The maximum atomic E-state index is 13.4. The van der Waals surface area contributed by atoms with Gasteiger partial charge in [0.2, 0.25) is 15.7 Å². The molecular formula is C23H27NO5S.